The van der Waals surface area contributed by atoms with Crippen LogP contribution >= 0.6 is 0 Å². The maximum absolute atomic E-state index is 11.6. The quantitative estimate of drug-likeness (QED) is 0.872. The molecule has 0 radical (unpaired) electrons. The van der Waals surface area contributed by atoms with Crippen molar-refractivity contribution in [3.8, 4) is 11.5 Å². The Hall–Kier alpha value is -1.75. The summed E-state index contributed by atoms with van der Waals surface area (Å²) >= 11 is 0. The zero-order valence-corrected chi connectivity index (χ0v) is 11.6. The van der Waals surface area contributed by atoms with Crippen molar-refractivity contribution in [2.75, 3.05) is 20.4 Å². The highest BCUT2D eigenvalue weighted by atomic mass is 16.7. The van der Waals surface area contributed by atoms with Gasteiger partial charge >= 0.3 is 0 Å². The van der Waals surface area contributed by atoms with Crippen LogP contribution < -0.4 is 14.8 Å². The summed E-state index contributed by atoms with van der Waals surface area (Å²) in [6, 6.07) is 6.02. The van der Waals surface area contributed by atoms with Crippen LogP contribution in [0.1, 0.15) is 19.4 Å². The van der Waals surface area contributed by atoms with Gasteiger partial charge in [-0.25, -0.2) is 0 Å². The number of likely N-dealkylation sites (N-methyl/N-ethyl adjacent to an activating group) is 1. The maximum atomic E-state index is 11.6. The predicted octanol–water partition coefficient (Wildman–Crippen LogP) is 1.37. The second kappa shape index (κ2) is 5.93. The number of nitrogens with zero attached hydrogens (tertiary/aromatic N) is 1. The molecule has 0 saturated carbocycles. The highest BCUT2D eigenvalue weighted by molar-refractivity contribution is 5.78. The molecule has 104 valence electrons. The molecule has 1 N–H and O–H groups in total. The highest BCUT2D eigenvalue weighted by Crippen LogP contribution is 2.32. The Balaban J connectivity index is 1.88. The minimum absolute atomic E-state index is 0.0400. The van der Waals surface area contributed by atoms with Gasteiger partial charge in [0, 0.05) is 12.6 Å². The molecule has 1 amide bonds. The summed E-state index contributed by atoms with van der Waals surface area (Å²) < 4.78 is 10.6. The molecule has 0 fully saturated rings. The second-order valence-corrected chi connectivity index (χ2v) is 5.08. The van der Waals surface area contributed by atoms with Crippen molar-refractivity contribution in [3.05, 3.63) is 23.8 Å². The van der Waals surface area contributed by atoms with Crippen molar-refractivity contribution in [2.24, 2.45) is 0 Å². The van der Waals surface area contributed by atoms with Gasteiger partial charge in [0.05, 0.1) is 6.54 Å². The maximum Gasteiger partial charge on any atom is 0.234 e. The summed E-state index contributed by atoms with van der Waals surface area (Å²) in [4.78, 5) is 13.6. The van der Waals surface area contributed by atoms with Crippen molar-refractivity contribution in [1.29, 1.82) is 0 Å². The van der Waals surface area contributed by atoms with Crippen molar-refractivity contribution in [1.82, 2.24) is 10.2 Å². The number of carbonyl (C=O) groups excluding carboxylic acids is 1. The van der Waals surface area contributed by atoms with E-state index in [4.69, 9.17) is 9.47 Å². The topological polar surface area (TPSA) is 50.8 Å². The van der Waals surface area contributed by atoms with Crippen LogP contribution in [0.25, 0.3) is 0 Å². The Morgan fingerprint density at radius 3 is 2.84 bits per heavy atom. The van der Waals surface area contributed by atoms with E-state index in [1.54, 1.807) is 0 Å². The van der Waals surface area contributed by atoms with E-state index in [9.17, 15) is 4.79 Å². The van der Waals surface area contributed by atoms with E-state index in [2.05, 4.69) is 5.32 Å². The molecule has 0 saturated heterocycles. The van der Waals surface area contributed by atoms with Gasteiger partial charge in [-0.1, -0.05) is 6.07 Å². The molecule has 1 heterocycles. The molecule has 0 bridgehead atoms. The Kier molecular flexibility index (Phi) is 4.27. The van der Waals surface area contributed by atoms with Gasteiger partial charge in [-0.2, -0.15) is 0 Å². The molecule has 0 unspecified atom stereocenters. The summed E-state index contributed by atoms with van der Waals surface area (Å²) in [6.45, 7) is 5.27. The molecule has 2 rings (SSSR count). The fraction of sp³-hybridized carbons (Fsp3) is 0.500. The first-order valence-electron chi connectivity index (χ1n) is 6.41. The minimum atomic E-state index is 0.0400. The summed E-state index contributed by atoms with van der Waals surface area (Å²) in [5, 5.41) is 2.88. The SMILES string of the molecule is CC(C)NC(=O)CN(C)Cc1ccc2c(c1)OCO2. The number of hydrogen-bond donors (Lipinski definition) is 1. The van der Waals surface area contributed by atoms with Crippen LogP contribution in [0.15, 0.2) is 18.2 Å². The second-order valence-electron chi connectivity index (χ2n) is 5.08. The molecule has 1 aliphatic rings. The van der Waals surface area contributed by atoms with Crippen LogP contribution in [0, 0.1) is 0 Å². The molecule has 0 spiro atoms. The van der Waals surface area contributed by atoms with Gasteiger partial charge in [0.15, 0.2) is 11.5 Å². The molecular weight excluding hydrogens is 244 g/mol. The zero-order chi connectivity index (χ0) is 13.8. The Labute approximate surface area is 113 Å². The van der Waals surface area contributed by atoms with Gasteiger partial charge in [-0.15, -0.1) is 0 Å². The third-order valence-corrected chi connectivity index (χ3v) is 2.75. The Morgan fingerprint density at radius 1 is 1.37 bits per heavy atom. The van der Waals surface area contributed by atoms with Gasteiger partial charge in [0.25, 0.3) is 0 Å². The van der Waals surface area contributed by atoms with Crippen LogP contribution in [0.2, 0.25) is 0 Å². The molecule has 1 aromatic rings. The fourth-order valence-corrected chi connectivity index (χ4v) is 2.02. The lowest BCUT2D eigenvalue weighted by Gasteiger charge is -2.17. The molecule has 1 aliphatic heterocycles. The summed E-state index contributed by atoms with van der Waals surface area (Å²) in [5.74, 6) is 1.60. The number of rotatable bonds is 5. The van der Waals surface area contributed by atoms with Gasteiger partial charge in [0.2, 0.25) is 12.7 Å². The molecule has 1 aromatic carbocycles. The molecule has 0 aliphatic carbocycles. The van der Waals surface area contributed by atoms with Crippen LogP contribution in [0.3, 0.4) is 0 Å². The van der Waals surface area contributed by atoms with Gasteiger partial charge in [0.1, 0.15) is 0 Å². The van der Waals surface area contributed by atoms with E-state index >= 15 is 0 Å². The smallest absolute Gasteiger partial charge is 0.234 e. The first kappa shape index (κ1) is 13.7. The first-order chi connectivity index (χ1) is 9.04. The number of ether oxygens (including phenoxy) is 2. The third-order valence-electron chi connectivity index (χ3n) is 2.75. The lowest BCUT2D eigenvalue weighted by molar-refractivity contribution is -0.122. The first-order valence-corrected chi connectivity index (χ1v) is 6.41. The lowest BCUT2D eigenvalue weighted by Crippen LogP contribution is -2.38. The van der Waals surface area contributed by atoms with Crippen molar-refractivity contribution < 1.29 is 14.3 Å². The van der Waals surface area contributed by atoms with E-state index < -0.39 is 0 Å². The minimum Gasteiger partial charge on any atom is -0.454 e. The summed E-state index contributed by atoms with van der Waals surface area (Å²) in [7, 11) is 1.92. The Bertz CT molecular complexity index is 460. The third kappa shape index (κ3) is 3.86. The van der Waals surface area contributed by atoms with Crippen LogP contribution in [-0.2, 0) is 11.3 Å². The van der Waals surface area contributed by atoms with Crippen molar-refractivity contribution in [2.45, 2.75) is 26.4 Å². The molecule has 5 heteroatoms. The number of fused-ring (bicyclic) bond motifs is 1. The van der Waals surface area contributed by atoms with Gasteiger partial charge in [-0.05, 0) is 38.6 Å². The Morgan fingerprint density at radius 2 is 2.11 bits per heavy atom. The normalized spacial score (nSPS) is 13.1. The number of benzene rings is 1. The summed E-state index contributed by atoms with van der Waals surface area (Å²) in [5.41, 5.74) is 1.10. The average molecular weight is 264 g/mol. The monoisotopic (exact) mass is 264 g/mol. The van der Waals surface area contributed by atoms with E-state index in [1.807, 2.05) is 44.0 Å². The van der Waals surface area contributed by atoms with E-state index in [0.29, 0.717) is 13.1 Å². The van der Waals surface area contributed by atoms with Crippen LogP contribution in [0.5, 0.6) is 11.5 Å². The summed E-state index contributed by atoms with van der Waals surface area (Å²) in [6.07, 6.45) is 0. The van der Waals surface area contributed by atoms with Gasteiger partial charge < -0.3 is 14.8 Å². The van der Waals surface area contributed by atoms with Crippen LogP contribution in [0.4, 0.5) is 0 Å². The van der Waals surface area contributed by atoms with Crippen molar-refractivity contribution in [3.63, 3.8) is 0 Å². The van der Waals surface area contributed by atoms with E-state index in [1.165, 1.54) is 0 Å². The standard InChI is InChI=1S/C14H20N2O3/c1-10(2)15-14(17)8-16(3)7-11-4-5-12-13(6-11)19-9-18-12/h4-6,10H,7-9H2,1-3H3,(H,15,17). The number of amides is 1. The predicted molar refractivity (Wildman–Crippen MR) is 72.2 cm³/mol. The average Bonchev–Trinajstić information content (AvgIpc) is 2.74. The van der Waals surface area contributed by atoms with Crippen LogP contribution in [-0.4, -0.2) is 37.2 Å². The molecule has 19 heavy (non-hydrogen) atoms. The molecule has 0 aromatic heterocycles. The highest BCUT2D eigenvalue weighted by Gasteiger charge is 2.14. The number of nitrogens with one attached hydrogen (secondary N) is 1. The van der Waals surface area contributed by atoms with Crippen molar-refractivity contribution >= 4 is 5.91 Å². The van der Waals surface area contributed by atoms with E-state index in [0.717, 1.165) is 17.1 Å². The zero-order valence-electron chi connectivity index (χ0n) is 11.6. The molecule has 0 atom stereocenters. The largest absolute Gasteiger partial charge is 0.454 e. The molecule has 5 nitrogen and oxygen atoms in total. The lowest BCUT2D eigenvalue weighted by atomic mass is 10.2. The number of carbonyl (C=O) groups is 1. The fourth-order valence-electron chi connectivity index (χ4n) is 2.02. The molecular formula is C14H20N2O3. The van der Waals surface area contributed by atoms with Gasteiger partial charge in [-0.3, -0.25) is 9.69 Å². The number of hydrogen-bond acceptors (Lipinski definition) is 4. The van der Waals surface area contributed by atoms with E-state index in [-0.39, 0.29) is 18.7 Å².